The SMILES string of the molecule is C#Cc1c2ccccc2nn1N(CC)CC. The predicted molar refractivity (Wildman–Crippen MR) is 67.0 cm³/mol. The van der Waals surface area contributed by atoms with Crippen molar-refractivity contribution < 1.29 is 0 Å². The van der Waals surface area contributed by atoms with Gasteiger partial charge in [-0.25, -0.2) is 0 Å². The minimum atomic E-state index is 0.833. The smallest absolute Gasteiger partial charge is 0.142 e. The fourth-order valence-corrected chi connectivity index (χ4v) is 1.85. The molecule has 3 nitrogen and oxygen atoms in total. The minimum Gasteiger partial charge on any atom is -0.296 e. The second kappa shape index (κ2) is 4.28. The molecule has 82 valence electrons. The summed E-state index contributed by atoms with van der Waals surface area (Å²) in [5.41, 5.74) is 1.78. The average molecular weight is 213 g/mol. The Morgan fingerprint density at radius 3 is 2.62 bits per heavy atom. The number of benzene rings is 1. The summed E-state index contributed by atoms with van der Waals surface area (Å²) in [6.07, 6.45) is 5.57. The normalized spacial score (nSPS) is 10.3. The molecule has 0 spiro atoms. The molecule has 0 unspecified atom stereocenters. The lowest BCUT2D eigenvalue weighted by molar-refractivity contribution is 0.557. The van der Waals surface area contributed by atoms with Gasteiger partial charge in [-0.05, 0) is 31.9 Å². The summed E-state index contributed by atoms with van der Waals surface area (Å²) >= 11 is 0. The largest absolute Gasteiger partial charge is 0.296 e. The Labute approximate surface area is 95.6 Å². The first-order valence-corrected chi connectivity index (χ1v) is 5.51. The molecule has 0 aliphatic carbocycles. The van der Waals surface area contributed by atoms with Crippen LogP contribution in [-0.2, 0) is 0 Å². The summed E-state index contributed by atoms with van der Waals surface area (Å²) in [4.78, 5) is 1.84. The van der Waals surface area contributed by atoms with Crippen LogP contribution in [0.3, 0.4) is 0 Å². The van der Waals surface area contributed by atoms with Gasteiger partial charge in [0.2, 0.25) is 0 Å². The van der Waals surface area contributed by atoms with Crippen LogP contribution in [0.4, 0.5) is 0 Å². The molecule has 1 heterocycles. The number of rotatable bonds is 3. The van der Waals surface area contributed by atoms with Crippen molar-refractivity contribution in [3.63, 3.8) is 0 Å². The van der Waals surface area contributed by atoms with Crippen molar-refractivity contribution in [1.29, 1.82) is 0 Å². The Kier molecular flexibility index (Phi) is 2.82. The average Bonchev–Trinajstić information content (AvgIpc) is 2.69. The summed E-state index contributed by atoms with van der Waals surface area (Å²) in [5.74, 6) is 2.73. The zero-order chi connectivity index (χ0) is 11.5. The summed E-state index contributed by atoms with van der Waals surface area (Å²) in [6.45, 7) is 5.96. The molecule has 0 aliphatic heterocycles. The van der Waals surface area contributed by atoms with Gasteiger partial charge in [-0.3, -0.25) is 5.01 Å². The Balaban J connectivity index is 2.66. The van der Waals surface area contributed by atoms with E-state index in [1.54, 1.807) is 0 Å². The van der Waals surface area contributed by atoms with E-state index < -0.39 is 0 Å². The lowest BCUT2D eigenvalue weighted by Gasteiger charge is -2.21. The zero-order valence-electron chi connectivity index (χ0n) is 9.64. The molecule has 3 heteroatoms. The predicted octanol–water partition coefficient (Wildman–Crippen LogP) is 2.00. The van der Waals surface area contributed by atoms with E-state index in [4.69, 9.17) is 6.42 Å². The highest BCUT2D eigenvalue weighted by Gasteiger charge is 2.11. The molecule has 0 radical (unpaired) electrons. The van der Waals surface area contributed by atoms with E-state index in [2.05, 4.69) is 29.9 Å². The molecule has 1 aromatic heterocycles. The molecule has 1 aromatic carbocycles. The topological polar surface area (TPSA) is 21.1 Å². The summed E-state index contributed by atoms with van der Waals surface area (Å²) < 4.78 is 0. The first-order valence-electron chi connectivity index (χ1n) is 5.51. The molecule has 2 aromatic rings. The van der Waals surface area contributed by atoms with Gasteiger partial charge in [-0.2, -0.15) is 9.89 Å². The lowest BCUT2D eigenvalue weighted by atomic mass is 10.2. The van der Waals surface area contributed by atoms with Gasteiger partial charge in [-0.15, -0.1) is 6.42 Å². The number of aromatic nitrogens is 2. The summed E-state index contributed by atoms with van der Waals surface area (Å²) in [5, 5.41) is 7.67. The number of nitrogens with zero attached hydrogens (tertiary/aromatic N) is 3. The first-order chi connectivity index (χ1) is 7.81. The van der Waals surface area contributed by atoms with Gasteiger partial charge in [0.15, 0.2) is 0 Å². The van der Waals surface area contributed by atoms with E-state index in [0.29, 0.717) is 0 Å². The molecule has 0 amide bonds. The third-order valence-corrected chi connectivity index (χ3v) is 2.70. The van der Waals surface area contributed by atoms with E-state index in [1.165, 1.54) is 0 Å². The van der Waals surface area contributed by atoms with Crippen LogP contribution in [0, 0.1) is 12.3 Å². The van der Waals surface area contributed by atoms with Gasteiger partial charge in [0.1, 0.15) is 5.69 Å². The first kappa shape index (κ1) is 10.6. The Bertz CT molecular complexity index is 530. The van der Waals surface area contributed by atoms with Crippen LogP contribution in [0.25, 0.3) is 10.9 Å². The van der Waals surface area contributed by atoms with Crippen LogP contribution in [0.15, 0.2) is 24.3 Å². The minimum absolute atomic E-state index is 0.833. The van der Waals surface area contributed by atoms with Gasteiger partial charge < -0.3 is 0 Å². The highest BCUT2D eigenvalue weighted by molar-refractivity contribution is 5.84. The quantitative estimate of drug-likeness (QED) is 0.727. The van der Waals surface area contributed by atoms with Gasteiger partial charge in [0.25, 0.3) is 0 Å². The molecule has 0 fully saturated rings. The van der Waals surface area contributed by atoms with Crippen LogP contribution in [0.5, 0.6) is 0 Å². The second-order valence-corrected chi connectivity index (χ2v) is 3.54. The molecule has 0 aliphatic rings. The van der Waals surface area contributed by atoms with Crippen LogP contribution in [-0.4, -0.2) is 23.0 Å². The summed E-state index contributed by atoms with van der Waals surface area (Å²) in [7, 11) is 0. The Morgan fingerprint density at radius 1 is 1.31 bits per heavy atom. The highest BCUT2D eigenvalue weighted by Crippen LogP contribution is 2.17. The number of hydrogen-bond acceptors (Lipinski definition) is 2. The molecule has 16 heavy (non-hydrogen) atoms. The highest BCUT2D eigenvalue weighted by atomic mass is 15.7. The van der Waals surface area contributed by atoms with Crippen molar-refractivity contribution in [2.24, 2.45) is 0 Å². The lowest BCUT2D eigenvalue weighted by Crippen LogP contribution is -2.35. The molecule has 0 saturated carbocycles. The third kappa shape index (κ3) is 1.53. The van der Waals surface area contributed by atoms with Gasteiger partial charge >= 0.3 is 0 Å². The van der Waals surface area contributed by atoms with E-state index in [1.807, 2.05) is 29.1 Å². The van der Waals surface area contributed by atoms with E-state index in [-0.39, 0.29) is 0 Å². The Hall–Kier alpha value is -1.95. The van der Waals surface area contributed by atoms with Crippen molar-refractivity contribution in [3.8, 4) is 12.3 Å². The molecule has 0 N–H and O–H groups in total. The van der Waals surface area contributed by atoms with Crippen LogP contribution in [0.1, 0.15) is 19.5 Å². The Morgan fingerprint density at radius 2 is 2.00 bits per heavy atom. The maximum atomic E-state index is 5.57. The summed E-state index contributed by atoms with van der Waals surface area (Å²) in [6, 6.07) is 7.95. The van der Waals surface area contributed by atoms with Gasteiger partial charge in [0, 0.05) is 18.5 Å². The van der Waals surface area contributed by atoms with E-state index in [0.717, 1.165) is 29.7 Å². The zero-order valence-corrected chi connectivity index (χ0v) is 9.64. The van der Waals surface area contributed by atoms with Crippen molar-refractivity contribution in [1.82, 2.24) is 9.89 Å². The standard InChI is InChI=1S/C13H15N3/c1-4-13-11-9-7-8-10-12(11)14-16(13)15(5-2)6-3/h1,7-10H,5-6H2,2-3H3. The molecular weight excluding hydrogens is 198 g/mol. The molecule has 0 atom stereocenters. The monoisotopic (exact) mass is 213 g/mol. The second-order valence-electron chi connectivity index (χ2n) is 3.54. The fourth-order valence-electron chi connectivity index (χ4n) is 1.85. The fraction of sp³-hybridized carbons (Fsp3) is 0.308. The molecule has 2 rings (SSSR count). The van der Waals surface area contributed by atoms with Crippen molar-refractivity contribution >= 4 is 10.9 Å². The van der Waals surface area contributed by atoms with Crippen LogP contribution < -0.4 is 5.01 Å². The van der Waals surface area contributed by atoms with Crippen molar-refractivity contribution in [3.05, 3.63) is 30.0 Å². The van der Waals surface area contributed by atoms with Gasteiger partial charge in [0.05, 0.1) is 5.52 Å². The third-order valence-electron chi connectivity index (χ3n) is 2.70. The van der Waals surface area contributed by atoms with Gasteiger partial charge in [-0.1, -0.05) is 12.1 Å². The van der Waals surface area contributed by atoms with Crippen LogP contribution in [0.2, 0.25) is 0 Å². The van der Waals surface area contributed by atoms with Crippen molar-refractivity contribution in [2.45, 2.75) is 13.8 Å². The number of terminal acetylenes is 1. The van der Waals surface area contributed by atoms with E-state index >= 15 is 0 Å². The molecule has 0 bridgehead atoms. The number of hydrogen-bond donors (Lipinski definition) is 0. The molecule has 0 saturated heterocycles. The van der Waals surface area contributed by atoms with Crippen molar-refractivity contribution in [2.75, 3.05) is 18.1 Å². The van der Waals surface area contributed by atoms with Crippen LogP contribution >= 0.6 is 0 Å². The maximum Gasteiger partial charge on any atom is 0.142 e. The van der Waals surface area contributed by atoms with E-state index in [9.17, 15) is 0 Å². The molecular formula is C13H15N3. The number of fused-ring (bicyclic) bond motifs is 1. The maximum absolute atomic E-state index is 5.57.